The number of aromatic hydroxyl groups is 1. The minimum Gasteiger partial charge on any atom is -0.505 e. The number of rotatable bonds is 6. The minimum absolute atomic E-state index is 0.287. The van der Waals surface area contributed by atoms with Gasteiger partial charge >= 0.3 is 0 Å². The Bertz CT molecular complexity index is 598. The van der Waals surface area contributed by atoms with Gasteiger partial charge in [-0.2, -0.15) is 4.98 Å². The van der Waals surface area contributed by atoms with Gasteiger partial charge in [0.25, 0.3) is 0 Å². The molecular formula is C15H20FN3O2. The molecule has 114 valence electrons. The Morgan fingerprint density at radius 2 is 2.14 bits per heavy atom. The van der Waals surface area contributed by atoms with Gasteiger partial charge in [-0.3, -0.25) is 0 Å². The summed E-state index contributed by atoms with van der Waals surface area (Å²) >= 11 is 0. The fourth-order valence-corrected chi connectivity index (χ4v) is 2.28. The molecule has 0 saturated carbocycles. The average molecular weight is 293 g/mol. The maximum atomic E-state index is 13.3. The lowest BCUT2D eigenvalue weighted by atomic mass is 9.94. The summed E-state index contributed by atoms with van der Waals surface area (Å²) in [6.45, 7) is 4.84. The summed E-state index contributed by atoms with van der Waals surface area (Å²) < 4.78 is 18.5. The highest BCUT2D eigenvalue weighted by Gasteiger charge is 2.16. The average Bonchev–Trinajstić information content (AvgIpc) is 2.89. The van der Waals surface area contributed by atoms with Gasteiger partial charge in [-0.05, 0) is 43.0 Å². The van der Waals surface area contributed by atoms with Crippen molar-refractivity contribution in [1.82, 2.24) is 10.1 Å². The highest BCUT2D eigenvalue weighted by Crippen LogP contribution is 2.23. The molecule has 21 heavy (non-hydrogen) atoms. The highest BCUT2D eigenvalue weighted by atomic mass is 19.1. The van der Waals surface area contributed by atoms with E-state index in [4.69, 9.17) is 10.3 Å². The Hall–Kier alpha value is -1.95. The van der Waals surface area contributed by atoms with Gasteiger partial charge in [-0.1, -0.05) is 19.0 Å². The number of benzene rings is 1. The van der Waals surface area contributed by atoms with Gasteiger partial charge in [0.05, 0.1) is 0 Å². The Morgan fingerprint density at radius 3 is 2.76 bits per heavy atom. The Kier molecular flexibility index (Phi) is 4.90. The van der Waals surface area contributed by atoms with Crippen LogP contribution in [0.4, 0.5) is 4.39 Å². The third-order valence-corrected chi connectivity index (χ3v) is 3.28. The van der Waals surface area contributed by atoms with Crippen molar-refractivity contribution in [2.75, 3.05) is 6.54 Å². The fraction of sp³-hybridized carbons (Fsp3) is 0.467. The van der Waals surface area contributed by atoms with Crippen LogP contribution >= 0.6 is 0 Å². The first-order valence-electron chi connectivity index (χ1n) is 7.01. The van der Waals surface area contributed by atoms with Crippen LogP contribution in [-0.2, 0) is 6.42 Å². The Balaban J connectivity index is 2.11. The molecule has 0 aliphatic heterocycles. The predicted molar refractivity (Wildman–Crippen MR) is 77.1 cm³/mol. The summed E-state index contributed by atoms with van der Waals surface area (Å²) in [5, 5.41) is 13.0. The van der Waals surface area contributed by atoms with Gasteiger partial charge in [0.15, 0.2) is 11.6 Å². The molecule has 1 heterocycles. The van der Waals surface area contributed by atoms with Crippen molar-refractivity contribution in [3.8, 4) is 17.1 Å². The van der Waals surface area contributed by atoms with Crippen molar-refractivity contribution < 1.29 is 14.0 Å². The first kappa shape index (κ1) is 15.4. The third-order valence-electron chi connectivity index (χ3n) is 3.28. The lowest BCUT2D eigenvalue weighted by Crippen LogP contribution is -2.19. The number of halogens is 1. The molecule has 0 radical (unpaired) electrons. The second-order valence-electron chi connectivity index (χ2n) is 5.61. The van der Waals surface area contributed by atoms with E-state index in [0.29, 0.717) is 36.2 Å². The van der Waals surface area contributed by atoms with Crippen molar-refractivity contribution in [2.45, 2.75) is 26.7 Å². The van der Waals surface area contributed by atoms with Gasteiger partial charge < -0.3 is 15.4 Å². The lowest BCUT2D eigenvalue weighted by molar-refractivity contribution is 0.332. The van der Waals surface area contributed by atoms with Crippen LogP contribution in [0.25, 0.3) is 11.4 Å². The molecule has 6 heteroatoms. The molecule has 0 bridgehead atoms. The van der Waals surface area contributed by atoms with Crippen molar-refractivity contribution >= 4 is 0 Å². The van der Waals surface area contributed by atoms with E-state index >= 15 is 0 Å². The second-order valence-corrected chi connectivity index (χ2v) is 5.61. The van der Waals surface area contributed by atoms with E-state index in [1.165, 1.54) is 12.1 Å². The van der Waals surface area contributed by atoms with E-state index in [1.807, 2.05) is 0 Å². The number of hydrogen-bond donors (Lipinski definition) is 2. The first-order chi connectivity index (χ1) is 9.99. The standard InChI is InChI=1S/C15H20FN3O2/c1-9(2)5-10(8-17)6-14-18-15(19-21-14)11-3-4-13(20)12(16)7-11/h3-4,7,9-10,20H,5-6,8,17H2,1-2H3. The molecule has 2 aromatic rings. The number of hydrogen-bond acceptors (Lipinski definition) is 5. The predicted octanol–water partition coefficient (Wildman–Crippen LogP) is 2.74. The van der Waals surface area contributed by atoms with Crippen LogP contribution in [0.1, 0.15) is 26.2 Å². The second kappa shape index (κ2) is 6.67. The Labute approximate surface area is 123 Å². The van der Waals surface area contributed by atoms with E-state index in [9.17, 15) is 9.50 Å². The molecule has 2 rings (SSSR count). The number of aromatic nitrogens is 2. The van der Waals surface area contributed by atoms with Crippen LogP contribution in [0.3, 0.4) is 0 Å². The van der Waals surface area contributed by atoms with Crippen molar-refractivity contribution in [1.29, 1.82) is 0 Å². The molecule has 5 nitrogen and oxygen atoms in total. The van der Waals surface area contributed by atoms with Crippen LogP contribution < -0.4 is 5.73 Å². The number of phenolic OH excluding ortho intramolecular Hbond substituents is 1. The molecule has 1 unspecified atom stereocenters. The molecule has 1 aromatic heterocycles. The maximum Gasteiger partial charge on any atom is 0.227 e. The van der Waals surface area contributed by atoms with Gasteiger partial charge in [-0.15, -0.1) is 0 Å². The van der Waals surface area contributed by atoms with Crippen molar-refractivity contribution in [2.24, 2.45) is 17.6 Å². The van der Waals surface area contributed by atoms with Gasteiger partial charge in [-0.25, -0.2) is 4.39 Å². The van der Waals surface area contributed by atoms with Gasteiger partial charge in [0, 0.05) is 12.0 Å². The van der Waals surface area contributed by atoms with E-state index in [0.717, 1.165) is 6.42 Å². The van der Waals surface area contributed by atoms with E-state index < -0.39 is 11.6 Å². The molecular weight excluding hydrogens is 273 g/mol. The van der Waals surface area contributed by atoms with Crippen molar-refractivity contribution in [3.63, 3.8) is 0 Å². The number of nitrogens with two attached hydrogens (primary N) is 1. The first-order valence-corrected chi connectivity index (χ1v) is 7.01. The van der Waals surface area contributed by atoms with Crippen LogP contribution in [0.15, 0.2) is 22.7 Å². The molecule has 0 aliphatic carbocycles. The number of phenols is 1. The smallest absolute Gasteiger partial charge is 0.227 e. The summed E-state index contributed by atoms with van der Waals surface area (Å²) in [6.07, 6.45) is 1.60. The van der Waals surface area contributed by atoms with E-state index in [2.05, 4.69) is 24.0 Å². The largest absolute Gasteiger partial charge is 0.505 e. The third kappa shape index (κ3) is 4.01. The molecule has 0 saturated heterocycles. The van der Waals surface area contributed by atoms with Crippen LogP contribution in [0.2, 0.25) is 0 Å². The minimum atomic E-state index is -0.710. The lowest BCUT2D eigenvalue weighted by Gasteiger charge is -2.14. The van der Waals surface area contributed by atoms with E-state index in [-0.39, 0.29) is 5.92 Å². The summed E-state index contributed by atoms with van der Waals surface area (Å²) in [7, 11) is 0. The highest BCUT2D eigenvalue weighted by molar-refractivity contribution is 5.55. The topological polar surface area (TPSA) is 85.2 Å². The van der Waals surface area contributed by atoms with Gasteiger partial charge in [0.1, 0.15) is 0 Å². The SMILES string of the molecule is CC(C)CC(CN)Cc1nc(-c2ccc(O)c(F)c2)no1. The zero-order chi connectivity index (χ0) is 15.4. The summed E-state index contributed by atoms with van der Waals surface area (Å²) in [6, 6.07) is 3.99. The molecule has 0 amide bonds. The zero-order valence-corrected chi connectivity index (χ0v) is 12.2. The molecule has 3 N–H and O–H groups in total. The van der Waals surface area contributed by atoms with Crippen LogP contribution in [0, 0.1) is 17.7 Å². The monoisotopic (exact) mass is 293 g/mol. The van der Waals surface area contributed by atoms with Crippen LogP contribution in [0.5, 0.6) is 5.75 Å². The maximum absolute atomic E-state index is 13.3. The summed E-state index contributed by atoms with van der Waals surface area (Å²) in [5.74, 6) is 0.530. The molecule has 1 atom stereocenters. The summed E-state index contributed by atoms with van der Waals surface area (Å²) in [4.78, 5) is 4.26. The molecule has 0 fully saturated rings. The Morgan fingerprint density at radius 1 is 1.38 bits per heavy atom. The zero-order valence-electron chi connectivity index (χ0n) is 12.2. The normalized spacial score (nSPS) is 12.8. The summed E-state index contributed by atoms with van der Waals surface area (Å²) in [5.41, 5.74) is 6.22. The number of nitrogens with zero attached hydrogens (tertiary/aromatic N) is 2. The van der Waals surface area contributed by atoms with Crippen LogP contribution in [-0.4, -0.2) is 21.8 Å². The van der Waals surface area contributed by atoms with Crippen molar-refractivity contribution in [3.05, 3.63) is 29.9 Å². The molecule has 0 spiro atoms. The fourth-order valence-electron chi connectivity index (χ4n) is 2.28. The van der Waals surface area contributed by atoms with Gasteiger partial charge in [0.2, 0.25) is 11.7 Å². The quantitative estimate of drug-likeness (QED) is 0.855. The molecule has 1 aromatic carbocycles. The van der Waals surface area contributed by atoms with E-state index in [1.54, 1.807) is 6.07 Å². The molecule has 0 aliphatic rings.